The summed E-state index contributed by atoms with van der Waals surface area (Å²) in [6.45, 7) is 0.580. The molecule has 3 heterocycles. The number of hydrogen-bond acceptors (Lipinski definition) is 5. The maximum absolute atomic E-state index is 12.5. The fourth-order valence-electron chi connectivity index (χ4n) is 3.22. The summed E-state index contributed by atoms with van der Waals surface area (Å²) in [5.41, 5.74) is 1.29. The monoisotopic (exact) mass is 303 g/mol. The summed E-state index contributed by atoms with van der Waals surface area (Å²) in [5.74, 6) is -0.254. The zero-order valence-corrected chi connectivity index (χ0v) is 12.1. The van der Waals surface area contributed by atoms with E-state index in [0.717, 1.165) is 10.9 Å². The second-order valence-electron chi connectivity index (χ2n) is 5.73. The fraction of sp³-hybridized carbons (Fsp3) is 0.467. The first-order chi connectivity index (χ1) is 10.6. The number of amides is 1. The molecule has 1 aromatic heterocycles. The van der Waals surface area contributed by atoms with Crippen LogP contribution in [0.3, 0.4) is 0 Å². The average Bonchev–Trinajstić information content (AvgIpc) is 3.17. The Hall–Kier alpha value is -1.96. The summed E-state index contributed by atoms with van der Waals surface area (Å²) in [6.07, 6.45) is -1.28. The third-order valence-corrected chi connectivity index (χ3v) is 4.32. The number of nitrogens with one attached hydrogen (secondary N) is 1. The first-order valence-electron chi connectivity index (χ1n) is 7.29. The number of benzene rings is 1. The molecule has 2 aromatic rings. The van der Waals surface area contributed by atoms with E-state index in [9.17, 15) is 9.90 Å². The van der Waals surface area contributed by atoms with Crippen LogP contribution >= 0.6 is 0 Å². The molecule has 0 aliphatic carbocycles. The van der Waals surface area contributed by atoms with E-state index >= 15 is 0 Å². The highest BCUT2D eigenvalue weighted by Gasteiger charge is 2.47. The Kier molecular flexibility index (Phi) is 3.14. The zero-order chi connectivity index (χ0) is 15.3. The summed E-state index contributed by atoms with van der Waals surface area (Å²) >= 11 is 0. The van der Waals surface area contributed by atoms with Crippen LogP contribution in [-0.4, -0.2) is 58.4 Å². The number of carbonyl (C=O) groups excluding carboxylic acids is 1. The van der Waals surface area contributed by atoms with E-state index in [1.54, 1.807) is 4.68 Å². The van der Waals surface area contributed by atoms with Crippen molar-refractivity contribution in [2.75, 3.05) is 13.2 Å². The summed E-state index contributed by atoms with van der Waals surface area (Å²) in [7, 11) is 1.81. The predicted molar refractivity (Wildman–Crippen MR) is 77.5 cm³/mol. The summed E-state index contributed by atoms with van der Waals surface area (Å²) in [6, 6.07) is 7.32. The Morgan fingerprint density at radius 3 is 2.95 bits per heavy atom. The van der Waals surface area contributed by atoms with Crippen molar-refractivity contribution in [3.63, 3.8) is 0 Å². The van der Waals surface area contributed by atoms with Gasteiger partial charge in [-0.15, -0.1) is 0 Å². The van der Waals surface area contributed by atoms with Crippen molar-refractivity contribution in [3.05, 3.63) is 30.0 Å². The van der Waals surface area contributed by atoms with Crippen LogP contribution in [0, 0.1) is 0 Å². The number of aliphatic hydroxyl groups is 1. The Labute approximate surface area is 126 Å². The molecule has 7 heteroatoms. The largest absolute Gasteiger partial charge is 0.388 e. The van der Waals surface area contributed by atoms with E-state index in [4.69, 9.17) is 9.47 Å². The minimum absolute atomic E-state index is 0.244. The number of ether oxygens (including phenoxy) is 2. The Bertz CT molecular complexity index is 729. The molecular formula is C15H17N3O4. The second kappa shape index (κ2) is 5.05. The van der Waals surface area contributed by atoms with Crippen LogP contribution in [0.2, 0.25) is 0 Å². The molecule has 2 aliphatic heterocycles. The minimum atomic E-state index is -0.623. The van der Waals surface area contributed by atoms with E-state index < -0.39 is 6.10 Å². The van der Waals surface area contributed by atoms with E-state index in [2.05, 4.69) is 10.4 Å². The molecule has 1 amide bonds. The summed E-state index contributed by atoms with van der Waals surface area (Å²) < 4.78 is 12.7. The van der Waals surface area contributed by atoms with Crippen molar-refractivity contribution in [2.24, 2.45) is 7.05 Å². The van der Waals surface area contributed by atoms with Crippen LogP contribution in [0.15, 0.2) is 24.3 Å². The highest BCUT2D eigenvalue weighted by molar-refractivity contribution is 6.05. The van der Waals surface area contributed by atoms with Gasteiger partial charge in [0.2, 0.25) is 0 Å². The molecule has 7 nitrogen and oxygen atoms in total. The third kappa shape index (κ3) is 2.01. The molecule has 4 rings (SSSR count). The molecule has 0 saturated carbocycles. The van der Waals surface area contributed by atoms with Crippen molar-refractivity contribution in [3.8, 4) is 0 Å². The van der Waals surface area contributed by atoms with Gasteiger partial charge in [0.25, 0.3) is 5.91 Å². The molecule has 0 unspecified atom stereocenters. The lowest BCUT2D eigenvalue weighted by atomic mass is 10.1. The van der Waals surface area contributed by atoms with Crippen molar-refractivity contribution < 1.29 is 19.4 Å². The highest BCUT2D eigenvalue weighted by atomic mass is 16.6. The standard InChI is InChI=1S/C15H17N3O4/c1-18-10-5-3-2-4-8(10)12(17-18)15(20)16-9-6-21-14-11(19)7-22-13(9)14/h2-5,9,11,13-14,19H,6-7H2,1H3,(H,16,20)/t9-,11-,13-,14-/m1/s1. The van der Waals surface area contributed by atoms with Gasteiger partial charge >= 0.3 is 0 Å². The smallest absolute Gasteiger partial charge is 0.272 e. The van der Waals surface area contributed by atoms with Crippen molar-refractivity contribution in [2.45, 2.75) is 24.4 Å². The molecule has 22 heavy (non-hydrogen) atoms. The summed E-state index contributed by atoms with van der Waals surface area (Å²) in [4.78, 5) is 12.5. The quantitative estimate of drug-likeness (QED) is 0.804. The Balaban J connectivity index is 1.57. The average molecular weight is 303 g/mol. The van der Waals surface area contributed by atoms with Gasteiger partial charge in [0.1, 0.15) is 18.3 Å². The molecule has 2 saturated heterocycles. The Morgan fingerprint density at radius 2 is 2.09 bits per heavy atom. The van der Waals surface area contributed by atoms with E-state index in [1.807, 2.05) is 31.3 Å². The number of aliphatic hydroxyl groups excluding tert-OH is 1. The SMILES string of the molecule is Cn1nc(C(=O)N[C@@H]2CO[C@H]3[C@@H]2OC[C@H]3O)c2ccccc21. The van der Waals surface area contributed by atoms with Gasteiger partial charge in [-0.1, -0.05) is 18.2 Å². The molecule has 0 radical (unpaired) electrons. The molecule has 2 fully saturated rings. The fourth-order valence-corrected chi connectivity index (χ4v) is 3.22. The molecular weight excluding hydrogens is 286 g/mol. The first-order valence-corrected chi connectivity index (χ1v) is 7.29. The lowest BCUT2D eigenvalue weighted by Crippen LogP contribution is -2.44. The number of nitrogens with zero attached hydrogens (tertiary/aromatic N) is 2. The third-order valence-electron chi connectivity index (χ3n) is 4.32. The van der Waals surface area contributed by atoms with Crippen molar-refractivity contribution >= 4 is 16.8 Å². The number of aromatic nitrogens is 2. The van der Waals surface area contributed by atoms with Gasteiger partial charge < -0.3 is 19.9 Å². The zero-order valence-electron chi connectivity index (χ0n) is 12.1. The number of carbonyl (C=O) groups is 1. The van der Waals surface area contributed by atoms with Crippen LogP contribution in [-0.2, 0) is 16.5 Å². The predicted octanol–water partition coefficient (Wildman–Crippen LogP) is -0.170. The molecule has 2 aliphatic rings. The number of fused-ring (bicyclic) bond motifs is 2. The Morgan fingerprint density at radius 1 is 1.32 bits per heavy atom. The molecule has 116 valence electrons. The van der Waals surface area contributed by atoms with Gasteiger partial charge in [0.05, 0.1) is 24.8 Å². The maximum Gasteiger partial charge on any atom is 0.272 e. The number of para-hydroxylation sites is 1. The van der Waals surface area contributed by atoms with Crippen LogP contribution in [0.5, 0.6) is 0 Å². The van der Waals surface area contributed by atoms with E-state index in [-0.39, 0.29) is 30.8 Å². The highest BCUT2D eigenvalue weighted by Crippen LogP contribution is 2.27. The van der Waals surface area contributed by atoms with E-state index in [1.165, 1.54) is 0 Å². The van der Waals surface area contributed by atoms with Crippen LogP contribution < -0.4 is 5.32 Å². The number of hydrogen-bond donors (Lipinski definition) is 2. The first kappa shape index (κ1) is 13.7. The molecule has 0 spiro atoms. The normalized spacial score (nSPS) is 30.6. The van der Waals surface area contributed by atoms with Crippen LogP contribution in [0.4, 0.5) is 0 Å². The maximum atomic E-state index is 12.5. The number of rotatable bonds is 2. The number of aryl methyl sites for hydroxylation is 1. The molecule has 0 bridgehead atoms. The van der Waals surface area contributed by atoms with Gasteiger partial charge in [-0.25, -0.2) is 0 Å². The molecule has 1 aromatic carbocycles. The van der Waals surface area contributed by atoms with Gasteiger partial charge in [0, 0.05) is 12.4 Å². The topological polar surface area (TPSA) is 85.6 Å². The van der Waals surface area contributed by atoms with Crippen molar-refractivity contribution in [1.29, 1.82) is 0 Å². The lowest BCUT2D eigenvalue weighted by Gasteiger charge is -2.16. The molecule has 4 atom stereocenters. The lowest BCUT2D eigenvalue weighted by molar-refractivity contribution is 0.0178. The van der Waals surface area contributed by atoms with Crippen molar-refractivity contribution in [1.82, 2.24) is 15.1 Å². The van der Waals surface area contributed by atoms with Crippen LogP contribution in [0.1, 0.15) is 10.5 Å². The second-order valence-corrected chi connectivity index (χ2v) is 5.73. The summed E-state index contributed by atoms with van der Waals surface area (Å²) in [5, 5.41) is 17.8. The van der Waals surface area contributed by atoms with Crippen LogP contribution in [0.25, 0.3) is 10.9 Å². The van der Waals surface area contributed by atoms with Gasteiger partial charge in [-0.2, -0.15) is 5.10 Å². The van der Waals surface area contributed by atoms with Gasteiger partial charge in [-0.05, 0) is 6.07 Å². The molecule has 2 N–H and O–H groups in total. The minimum Gasteiger partial charge on any atom is -0.388 e. The van der Waals surface area contributed by atoms with E-state index in [0.29, 0.717) is 12.3 Å². The van der Waals surface area contributed by atoms with Gasteiger partial charge in [-0.3, -0.25) is 9.48 Å². The van der Waals surface area contributed by atoms with Gasteiger partial charge in [0.15, 0.2) is 5.69 Å².